The minimum Gasteiger partial charge on any atom is -0.331 e. The van der Waals surface area contributed by atoms with Crippen molar-refractivity contribution in [1.82, 2.24) is 28.7 Å². The van der Waals surface area contributed by atoms with Crippen LogP contribution in [0.25, 0.3) is 66.4 Å². The first-order valence-corrected chi connectivity index (χ1v) is 11.9. The van der Waals surface area contributed by atoms with Gasteiger partial charge in [0.05, 0.1) is 34.6 Å². The van der Waals surface area contributed by atoms with Crippen LogP contribution in [0.2, 0.25) is 0 Å². The van der Waals surface area contributed by atoms with E-state index in [9.17, 15) is 0 Å². The van der Waals surface area contributed by atoms with Crippen molar-refractivity contribution >= 4 is 54.8 Å². The molecule has 8 rings (SSSR count). The van der Waals surface area contributed by atoms with Crippen molar-refractivity contribution in [2.75, 3.05) is 0 Å². The number of fused-ring (bicyclic) bond motifs is 7. The number of aromatic nitrogens is 6. The van der Waals surface area contributed by atoms with Crippen LogP contribution in [0.4, 0.5) is 0 Å². The summed E-state index contributed by atoms with van der Waals surface area (Å²) in [5.74, 6) is 0.624. The van der Waals surface area contributed by atoms with Crippen molar-refractivity contribution in [2.45, 2.75) is 0 Å². The molecule has 0 N–H and O–H groups in total. The van der Waals surface area contributed by atoms with E-state index in [1.54, 1.807) is 6.33 Å². The summed E-state index contributed by atoms with van der Waals surface area (Å²) in [6, 6.07) is 32.2. The van der Waals surface area contributed by atoms with Gasteiger partial charge in [0.15, 0.2) is 5.65 Å². The second kappa shape index (κ2) is 7.02. The quantitative estimate of drug-likeness (QED) is 0.291. The lowest BCUT2D eigenvalue weighted by molar-refractivity contribution is 0.941. The molecule has 0 fully saturated rings. The van der Waals surface area contributed by atoms with E-state index in [4.69, 9.17) is 9.97 Å². The van der Waals surface area contributed by atoms with Gasteiger partial charge < -0.3 is 9.13 Å². The van der Waals surface area contributed by atoms with Crippen LogP contribution in [0.15, 0.2) is 104 Å². The predicted octanol–water partition coefficient (Wildman–Crippen LogP) is 6.56. The third-order valence-electron chi connectivity index (χ3n) is 7.15. The van der Waals surface area contributed by atoms with E-state index in [0.717, 1.165) is 22.2 Å². The second-order valence-electron chi connectivity index (χ2n) is 9.16. The fourth-order valence-corrected chi connectivity index (χ4v) is 5.51. The van der Waals surface area contributed by atoms with E-state index in [0.29, 0.717) is 11.6 Å². The Morgan fingerprint density at radius 1 is 0.556 bits per heavy atom. The molecule has 4 aromatic heterocycles. The first-order valence-electron chi connectivity index (χ1n) is 11.9. The average molecular weight is 465 g/mol. The average Bonchev–Trinajstić information content (AvgIpc) is 3.57. The molecule has 0 amide bonds. The molecule has 0 aliphatic rings. The van der Waals surface area contributed by atoms with E-state index >= 15 is 0 Å². The Morgan fingerprint density at radius 2 is 1.17 bits per heavy atom. The second-order valence-corrected chi connectivity index (χ2v) is 9.16. The molecule has 6 heteroatoms. The van der Waals surface area contributed by atoms with Gasteiger partial charge in [0, 0.05) is 34.3 Å². The lowest BCUT2D eigenvalue weighted by Crippen LogP contribution is -2.01. The molecular formula is C30H20N6. The summed E-state index contributed by atoms with van der Waals surface area (Å²) in [6.45, 7) is 0. The smallest absolute Gasteiger partial charge is 0.236 e. The molecule has 4 aromatic carbocycles. The number of benzene rings is 4. The van der Waals surface area contributed by atoms with Gasteiger partial charge in [-0.15, -0.1) is 0 Å². The molecule has 0 aliphatic heterocycles. The number of nitrogens with zero attached hydrogens (tertiary/aromatic N) is 6. The normalized spacial score (nSPS) is 12.0. The van der Waals surface area contributed by atoms with Crippen LogP contribution in [0.5, 0.6) is 0 Å². The van der Waals surface area contributed by atoms with Gasteiger partial charge in [0.2, 0.25) is 5.95 Å². The van der Waals surface area contributed by atoms with E-state index < -0.39 is 0 Å². The zero-order valence-corrected chi connectivity index (χ0v) is 19.5. The van der Waals surface area contributed by atoms with Crippen molar-refractivity contribution < 1.29 is 0 Å². The molecule has 36 heavy (non-hydrogen) atoms. The highest BCUT2D eigenvalue weighted by atomic mass is 15.2. The van der Waals surface area contributed by atoms with E-state index in [2.05, 4.69) is 105 Å². The number of hydrogen-bond donors (Lipinski definition) is 0. The molecule has 170 valence electrons. The van der Waals surface area contributed by atoms with Gasteiger partial charge in [-0.1, -0.05) is 54.6 Å². The Morgan fingerprint density at radius 3 is 1.89 bits per heavy atom. The number of rotatable bonds is 2. The zero-order chi connectivity index (χ0) is 23.8. The topological polar surface area (TPSA) is 53.5 Å². The molecule has 8 aromatic rings. The molecule has 0 atom stereocenters. The summed E-state index contributed by atoms with van der Waals surface area (Å²) in [7, 11) is 1.96. The zero-order valence-electron chi connectivity index (χ0n) is 19.5. The molecule has 0 saturated heterocycles. The summed E-state index contributed by atoms with van der Waals surface area (Å²) in [5.41, 5.74) is 7.27. The van der Waals surface area contributed by atoms with Crippen LogP contribution in [-0.4, -0.2) is 28.7 Å². The molecular weight excluding hydrogens is 444 g/mol. The Balaban J connectivity index is 1.54. The van der Waals surface area contributed by atoms with Crippen LogP contribution in [0.1, 0.15) is 0 Å². The van der Waals surface area contributed by atoms with E-state index in [1.165, 1.54) is 32.6 Å². The summed E-state index contributed by atoms with van der Waals surface area (Å²) in [4.78, 5) is 14.1. The first-order chi connectivity index (χ1) is 17.8. The van der Waals surface area contributed by atoms with E-state index in [-0.39, 0.29) is 0 Å². The Labute approximate surface area is 205 Å². The highest BCUT2D eigenvalue weighted by molar-refractivity contribution is 6.18. The predicted molar refractivity (Wildman–Crippen MR) is 145 cm³/mol. The van der Waals surface area contributed by atoms with Gasteiger partial charge in [-0.2, -0.15) is 4.98 Å². The van der Waals surface area contributed by atoms with Gasteiger partial charge >= 0.3 is 0 Å². The maximum absolute atomic E-state index is 4.85. The molecule has 0 unspecified atom stereocenters. The minimum absolute atomic E-state index is 0.624. The number of aryl methyl sites for hydroxylation is 1. The monoisotopic (exact) mass is 464 g/mol. The molecule has 0 spiro atoms. The van der Waals surface area contributed by atoms with Gasteiger partial charge in [-0.3, -0.25) is 4.57 Å². The molecule has 0 radical (unpaired) electrons. The maximum Gasteiger partial charge on any atom is 0.236 e. The molecule has 6 nitrogen and oxygen atoms in total. The molecule has 4 heterocycles. The first kappa shape index (κ1) is 19.3. The Bertz CT molecular complexity index is 2110. The van der Waals surface area contributed by atoms with Crippen molar-refractivity contribution in [2.24, 2.45) is 7.05 Å². The lowest BCUT2D eigenvalue weighted by atomic mass is 10.1. The highest BCUT2D eigenvalue weighted by Gasteiger charge is 2.19. The summed E-state index contributed by atoms with van der Waals surface area (Å²) in [5, 5.41) is 4.76. The third-order valence-corrected chi connectivity index (χ3v) is 7.15. The fourth-order valence-electron chi connectivity index (χ4n) is 5.51. The number of imidazole rings is 1. The minimum atomic E-state index is 0.624. The lowest BCUT2D eigenvalue weighted by Gasteiger charge is -2.08. The molecule has 0 saturated carbocycles. The fraction of sp³-hybridized carbons (Fsp3) is 0.0333. The van der Waals surface area contributed by atoms with Crippen molar-refractivity contribution in [1.29, 1.82) is 0 Å². The Kier molecular flexibility index (Phi) is 3.77. The maximum atomic E-state index is 4.85. The van der Waals surface area contributed by atoms with Crippen LogP contribution in [0.3, 0.4) is 0 Å². The summed E-state index contributed by atoms with van der Waals surface area (Å²) >= 11 is 0. The largest absolute Gasteiger partial charge is 0.331 e. The number of para-hydroxylation sites is 3. The number of hydrogen-bond acceptors (Lipinski definition) is 3. The standard InChI is InChI=1S/C30H20N6/c1-34-18-32-29-28(34)17-31-30(33-29)36-25-14-8-6-12-21(25)23-15-26-22(16-27(23)36)20-11-5-7-13-24(20)35(26)19-9-3-2-4-10-19/h2-18H,1H3. The van der Waals surface area contributed by atoms with Gasteiger partial charge in [0.25, 0.3) is 0 Å². The van der Waals surface area contributed by atoms with E-state index in [1.807, 2.05) is 17.8 Å². The SMILES string of the molecule is Cn1cnc2nc(-n3c4ccccc4c4cc5c(cc43)c3ccccc3n5-c3ccccc3)ncc21. The van der Waals surface area contributed by atoms with Crippen LogP contribution >= 0.6 is 0 Å². The van der Waals surface area contributed by atoms with Gasteiger partial charge in [-0.05, 0) is 36.4 Å². The summed E-state index contributed by atoms with van der Waals surface area (Å²) in [6.07, 6.45) is 3.63. The Hall–Kier alpha value is -4.97. The van der Waals surface area contributed by atoms with Crippen molar-refractivity contribution in [3.05, 3.63) is 104 Å². The van der Waals surface area contributed by atoms with Crippen molar-refractivity contribution in [3.8, 4) is 11.6 Å². The molecule has 0 bridgehead atoms. The van der Waals surface area contributed by atoms with Crippen LogP contribution < -0.4 is 0 Å². The van der Waals surface area contributed by atoms with Crippen LogP contribution in [-0.2, 0) is 7.05 Å². The van der Waals surface area contributed by atoms with Gasteiger partial charge in [-0.25, -0.2) is 9.97 Å². The molecule has 0 aliphatic carbocycles. The third kappa shape index (κ3) is 2.53. The summed E-state index contributed by atoms with van der Waals surface area (Å²) < 4.78 is 6.45. The van der Waals surface area contributed by atoms with Gasteiger partial charge in [0.1, 0.15) is 5.52 Å². The highest BCUT2D eigenvalue weighted by Crippen LogP contribution is 2.39. The van der Waals surface area contributed by atoms with Crippen LogP contribution in [0, 0.1) is 0 Å². The van der Waals surface area contributed by atoms with Crippen molar-refractivity contribution in [3.63, 3.8) is 0 Å².